The Morgan fingerprint density at radius 2 is 1.95 bits per heavy atom. The van der Waals surface area contributed by atoms with E-state index in [4.69, 9.17) is 4.74 Å². The van der Waals surface area contributed by atoms with Crippen LogP contribution >= 0.6 is 15.9 Å². The molecule has 0 amide bonds. The second-order valence-electron chi connectivity index (χ2n) is 4.42. The summed E-state index contributed by atoms with van der Waals surface area (Å²) in [6.07, 6.45) is 0.591. The number of unbranched alkanes of at least 4 members (excludes halogenated alkanes) is 1. The molecule has 0 fully saturated rings. The molecule has 0 saturated heterocycles. The van der Waals surface area contributed by atoms with E-state index in [1.54, 1.807) is 6.92 Å². The van der Waals surface area contributed by atoms with Crippen LogP contribution in [-0.2, 0) is 9.53 Å². The molecule has 0 aromatic heterocycles. The fourth-order valence-electron chi connectivity index (χ4n) is 1.84. The molecule has 0 radical (unpaired) electrons. The monoisotopic (exact) mass is 342 g/mol. The van der Waals surface area contributed by atoms with Crippen molar-refractivity contribution < 1.29 is 13.9 Å². The number of carbonyl (C=O) groups is 1. The summed E-state index contributed by atoms with van der Waals surface area (Å²) in [6.45, 7) is 3.89. The van der Waals surface area contributed by atoms with Gasteiger partial charge in [-0.15, -0.1) is 0 Å². The van der Waals surface area contributed by atoms with E-state index in [1.165, 1.54) is 0 Å². The van der Waals surface area contributed by atoms with Gasteiger partial charge < -0.3 is 4.74 Å². The highest BCUT2D eigenvalue weighted by atomic mass is 79.9. The van der Waals surface area contributed by atoms with Crippen LogP contribution in [0.3, 0.4) is 0 Å². The van der Waals surface area contributed by atoms with E-state index in [0.29, 0.717) is 16.5 Å². The van der Waals surface area contributed by atoms with Crippen LogP contribution in [0.1, 0.15) is 38.7 Å². The SMILES string of the molecule is CCCCC(=C(Br)c1ccccc1)C(F)C(=O)OCC. The fourth-order valence-corrected chi connectivity index (χ4v) is 2.51. The average Bonchev–Trinajstić information content (AvgIpc) is 2.48. The Bertz CT molecular complexity index is 457. The molecule has 0 bridgehead atoms. The van der Waals surface area contributed by atoms with E-state index < -0.39 is 12.1 Å². The lowest BCUT2D eigenvalue weighted by Gasteiger charge is -2.15. The Kier molecular flexibility index (Phi) is 7.52. The lowest BCUT2D eigenvalue weighted by Crippen LogP contribution is -2.21. The number of alkyl halides is 1. The average molecular weight is 343 g/mol. The molecule has 20 heavy (non-hydrogen) atoms. The maximum absolute atomic E-state index is 14.3. The lowest BCUT2D eigenvalue weighted by atomic mass is 10.0. The molecule has 1 unspecified atom stereocenters. The Balaban J connectivity index is 3.07. The first kappa shape index (κ1) is 16.9. The minimum Gasteiger partial charge on any atom is -0.464 e. The van der Waals surface area contributed by atoms with Crippen LogP contribution in [0.25, 0.3) is 4.48 Å². The van der Waals surface area contributed by atoms with E-state index in [2.05, 4.69) is 15.9 Å². The second kappa shape index (κ2) is 8.90. The predicted molar refractivity (Wildman–Crippen MR) is 83.3 cm³/mol. The van der Waals surface area contributed by atoms with Crippen LogP contribution in [0.2, 0.25) is 0 Å². The van der Waals surface area contributed by atoms with Crippen molar-refractivity contribution in [3.05, 3.63) is 41.5 Å². The zero-order valence-corrected chi connectivity index (χ0v) is 13.5. The molecule has 0 aliphatic rings. The summed E-state index contributed by atoms with van der Waals surface area (Å²) in [5.74, 6) is -0.813. The van der Waals surface area contributed by atoms with Crippen molar-refractivity contribution in [2.75, 3.05) is 6.61 Å². The third-order valence-electron chi connectivity index (χ3n) is 2.91. The molecule has 0 aliphatic carbocycles. The summed E-state index contributed by atoms with van der Waals surface area (Å²) in [5.41, 5.74) is 1.32. The normalized spacial score (nSPS) is 13.6. The number of benzene rings is 1. The van der Waals surface area contributed by atoms with Crippen molar-refractivity contribution in [3.63, 3.8) is 0 Å². The van der Waals surface area contributed by atoms with Crippen LogP contribution in [0.4, 0.5) is 4.39 Å². The Hall–Kier alpha value is -1.16. The van der Waals surface area contributed by atoms with Crippen LogP contribution in [0.15, 0.2) is 35.9 Å². The van der Waals surface area contributed by atoms with E-state index in [1.807, 2.05) is 37.3 Å². The number of ether oxygens (including phenoxy) is 1. The van der Waals surface area contributed by atoms with Gasteiger partial charge in [-0.2, -0.15) is 0 Å². The van der Waals surface area contributed by atoms with Gasteiger partial charge in [-0.05, 0) is 30.9 Å². The third-order valence-corrected chi connectivity index (χ3v) is 3.88. The van der Waals surface area contributed by atoms with Crippen LogP contribution in [0, 0.1) is 0 Å². The summed E-state index contributed by atoms with van der Waals surface area (Å²) < 4.78 is 19.8. The smallest absolute Gasteiger partial charge is 0.345 e. The van der Waals surface area contributed by atoms with Gasteiger partial charge in [-0.25, -0.2) is 9.18 Å². The van der Waals surface area contributed by atoms with Gasteiger partial charge in [0.15, 0.2) is 0 Å². The fraction of sp³-hybridized carbons (Fsp3) is 0.438. The van der Waals surface area contributed by atoms with Gasteiger partial charge in [0.05, 0.1) is 6.61 Å². The van der Waals surface area contributed by atoms with Crippen molar-refractivity contribution in [2.45, 2.75) is 39.3 Å². The van der Waals surface area contributed by atoms with Gasteiger partial charge in [0, 0.05) is 4.48 Å². The quantitative estimate of drug-likeness (QED) is 0.660. The molecule has 1 aromatic rings. The van der Waals surface area contributed by atoms with Gasteiger partial charge in [-0.3, -0.25) is 0 Å². The molecule has 0 aliphatic heterocycles. The van der Waals surface area contributed by atoms with Crippen LogP contribution < -0.4 is 0 Å². The summed E-state index contributed by atoms with van der Waals surface area (Å²) in [4.78, 5) is 11.6. The minimum absolute atomic E-state index is 0.184. The molecule has 1 atom stereocenters. The van der Waals surface area contributed by atoms with Crippen LogP contribution in [0.5, 0.6) is 0 Å². The van der Waals surface area contributed by atoms with E-state index in [-0.39, 0.29) is 6.61 Å². The molecule has 0 saturated carbocycles. The van der Waals surface area contributed by atoms with Crippen molar-refractivity contribution in [3.8, 4) is 0 Å². The zero-order chi connectivity index (χ0) is 15.0. The topological polar surface area (TPSA) is 26.3 Å². The standard InChI is InChI=1S/C16H20BrFO2/c1-3-5-11-13(15(18)16(19)20-4-2)14(17)12-9-7-6-8-10-12/h6-10,15H,3-5,11H2,1-2H3. The van der Waals surface area contributed by atoms with Gasteiger partial charge >= 0.3 is 5.97 Å². The van der Waals surface area contributed by atoms with Crippen molar-refractivity contribution in [1.82, 2.24) is 0 Å². The van der Waals surface area contributed by atoms with Gasteiger partial charge in [0.2, 0.25) is 6.17 Å². The molecule has 4 heteroatoms. The molecule has 0 heterocycles. The van der Waals surface area contributed by atoms with E-state index in [0.717, 1.165) is 18.4 Å². The summed E-state index contributed by atoms with van der Waals surface area (Å²) >= 11 is 3.43. The van der Waals surface area contributed by atoms with Crippen LogP contribution in [-0.4, -0.2) is 18.7 Å². The Morgan fingerprint density at radius 1 is 1.30 bits per heavy atom. The number of esters is 1. The third kappa shape index (κ3) is 4.75. The molecule has 1 rings (SSSR count). The molecule has 2 nitrogen and oxygen atoms in total. The molecular weight excluding hydrogens is 323 g/mol. The molecule has 1 aromatic carbocycles. The molecule has 110 valence electrons. The Morgan fingerprint density at radius 3 is 2.50 bits per heavy atom. The minimum atomic E-state index is -1.71. The maximum Gasteiger partial charge on any atom is 0.345 e. The highest BCUT2D eigenvalue weighted by Gasteiger charge is 2.25. The zero-order valence-electron chi connectivity index (χ0n) is 11.9. The number of rotatable bonds is 7. The van der Waals surface area contributed by atoms with Gasteiger partial charge in [0.25, 0.3) is 0 Å². The second-order valence-corrected chi connectivity index (χ2v) is 5.22. The number of carbonyl (C=O) groups excluding carboxylic acids is 1. The highest BCUT2D eigenvalue weighted by molar-refractivity contribution is 9.15. The Labute approximate surface area is 128 Å². The predicted octanol–water partition coefficient (Wildman–Crippen LogP) is 4.88. The van der Waals surface area contributed by atoms with Gasteiger partial charge in [-0.1, -0.05) is 59.6 Å². The first-order chi connectivity index (χ1) is 9.61. The van der Waals surface area contributed by atoms with Crippen molar-refractivity contribution >= 4 is 26.4 Å². The van der Waals surface area contributed by atoms with E-state index in [9.17, 15) is 9.18 Å². The number of halogens is 2. The number of hydrogen-bond acceptors (Lipinski definition) is 2. The van der Waals surface area contributed by atoms with Crippen molar-refractivity contribution in [1.29, 1.82) is 0 Å². The highest BCUT2D eigenvalue weighted by Crippen LogP contribution is 2.31. The summed E-state index contributed by atoms with van der Waals surface area (Å²) in [7, 11) is 0. The first-order valence-electron chi connectivity index (χ1n) is 6.86. The van der Waals surface area contributed by atoms with Crippen molar-refractivity contribution in [2.24, 2.45) is 0 Å². The first-order valence-corrected chi connectivity index (χ1v) is 7.65. The largest absolute Gasteiger partial charge is 0.464 e. The summed E-state index contributed by atoms with van der Waals surface area (Å²) in [5, 5.41) is 0. The molecular formula is C16H20BrFO2. The molecule has 0 spiro atoms. The van der Waals surface area contributed by atoms with Gasteiger partial charge in [0.1, 0.15) is 0 Å². The molecule has 0 N–H and O–H groups in total. The van der Waals surface area contributed by atoms with E-state index >= 15 is 0 Å². The number of hydrogen-bond donors (Lipinski definition) is 0. The maximum atomic E-state index is 14.3. The lowest BCUT2D eigenvalue weighted by molar-refractivity contribution is -0.147. The summed E-state index contributed by atoms with van der Waals surface area (Å²) in [6, 6.07) is 9.42.